The fourth-order valence-electron chi connectivity index (χ4n) is 6.85. The molecule has 4 fully saturated rings. The molecule has 2 aromatic carbocycles. The summed E-state index contributed by atoms with van der Waals surface area (Å²) in [5.74, 6) is 1.28. The maximum absolute atomic E-state index is 12.9. The fourth-order valence-corrected chi connectivity index (χ4v) is 7.78. The van der Waals surface area contributed by atoms with Crippen molar-refractivity contribution in [3.63, 3.8) is 0 Å². The number of hydrogen-bond acceptors (Lipinski definition) is 6. The third-order valence-electron chi connectivity index (χ3n) is 8.08. The monoisotopic (exact) mass is 494 g/mol. The number of benzene rings is 2. The first-order valence-corrected chi connectivity index (χ1v) is 13.1. The highest BCUT2D eigenvalue weighted by atomic mass is 32.2. The Bertz CT molecular complexity index is 1100. The number of nitro groups is 1. The molecule has 1 amide bonds. The van der Waals surface area contributed by atoms with Crippen LogP contribution in [0.15, 0.2) is 58.3 Å². The molecule has 4 saturated carbocycles. The van der Waals surface area contributed by atoms with Crippen LogP contribution in [0.2, 0.25) is 0 Å². The topological polar surface area (TPSA) is 98.5 Å². The van der Waals surface area contributed by atoms with Crippen LogP contribution in [0.4, 0.5) is 5.69 Å². The summed E-state index contributed by atoms with van der Waals surface area (Å²) >= 11 is 1.32. The van der Waals surface area contributed by atoms with E-state index >= 15 is 0 Å². The minimum Gasteiger partial charge on any atom is -0.452 e. The molecule has 35 heavy (non-hydrogen) atoms. The molecule has 0 aliphatic heterocycles. The molecule has 0 unspecified atom stereocenters. The van der Waals surface area contributed by atoms with Gasteiger partial charge in [-0.3, -0.25) is 14.9 Å². The average Bonchev–Trinajstić information content (AvgIpc) is 2.82. The molecule has 0 aromatic heterocycles. The number of non-ortho nitro benzene ring substituents is 1. The van der Waals surface area contributed by atoms with Gasteiger partial charge in [0.2, 0.25) is 0 Å². The Morgan fingerprint density at radius 2 is 1.71 bits per heavy atom. The first kappa shape index (κ1) is 23.9. The van der Waals surface area contributed by atoms with E-state index in [1.165, 1.54) is 62.4 Å². The summed E-state index contributed by atoms with van der Waals surface area (Å²) in [4.78, 5) is 37.8. The molecule has 1 N–H and O–H groups in total. The molecule has 8 heteroatoms. The highest BCUT2D eigenvalue weighted by Crippen LogP contribution is 2.61. The van der Waals surface area contributed by atoms with Crippen molar-refractivity contribution in [1.29, 1.82) is 0 Å². The van der Waals surface area contributed by atoms with Crippen LogP contribution in [0, 0.1) is 33.3 Å². The molecule has 4 bridgehead atoms. The van der Waals surface area contributed by atoms with E-state index in [-0.39, 0.29) is 28.6 Å². The van der Waals surface area contributed by atoms with Gasteiger partial charge in [0.15, 0.2) is 6.61 Å². The molecule has 0 saturated heterocycles. The molecular weight excluding hydrogens is 464 g/mol. The van der Waals surface area contributed by atoms with Crippen LogP contribution in [-0.2, 0) is 9.53 Å². The predicted octanol–water partition coefficient (Wildman–Crippen LogP) is 5.62. The average molecular weight is 495 g/mol. The Balaban J connectivity index is 1.23. The van der Waals surface area contributed by atoms with Crippen molar-refractivity contribution in [2.75, 3.05) is 6.61 Å². The van der Waals surface area contributed by atoms with E-state index in [1.807, 2.05) is 30.3 Å². The van der Waals surface area contributed by atoms with Gasteiger partial charge < -0.3 is 10.1 Å². The van der Waals surface area contributed by atoms with E-state index in [9.17, 15) is 19.7 Å². The standard InChI is InChI=1S/C27H30N2O5S/c1-17(27-13-18-9-19(14-27)11-20(10-18)15-27)28-25(30)16-34-26(31)23-12-21(29(32)33)7-8-24(23)35-22-5-3-2-4-6-22/h2-8,12,17-20H,9-11,13-16H2,1H3,(H,28,30)/t17-,18?,19?,20?,27?/m1/s1. The van der Waals surface area contributed by atoms with Gasteiger partial charge in [-0.15, -0.1) is 0 Å². The second-order valence-corrected chi connectivity index (χ2v) is 11.6. The number of carbonyl (C=O) groups excluding carboxylic acids is 2. The van der Waals surface area contributed by atoms with Crippen LogP contribution in [0.1, 0.15) is 55.8 Å². The number of rotatable bonds is 8. The molecule has 7 nitrogen and oxygen atoms in total. The van der Waals surface area contributed by atoms with Gasteiger partial charge in [0.25, 0.3) is 11.6 Å². The van der Waals surface area contributed by atoms with Crippen molar-refractivity contribution in [3.8, 4) is 0 Å². The molecule has 0 spiro atoms. The minimum atomic E-state index is -0.746. The number of carbonyl (C=O) groups is 2. The van der Waals surface area contributed by atoms with Crippen LogP contribution in [-0.4, -0.2) is 29.4 Å². The van der Waals surface area contributed by atoms with E-state index < -0.39 is 17.5 Å². The maximum Gasteiger partial charge on any atom is 0.340 e. The third kappa shape index (κ3) is 5.08. The van der Waals surface area contributed by atoms with Crippen LogP contribution in [0.3, 0.4) is 0 Å². The van der Waals surface area contributed by atoms with E-state index in [2.05, 4.69) is 12.2 Å². The summed E-state index contributed by atoms with van der Waals surface area (Å²) in [5, 5.41) is 14.4. The summed E-state index contributed by atoms with van der Waals surface area (Å²) in [6.07, 6.45) is 7.54. The largest absolute Gasteiger partial charge is 0.452 e. The van der Waals surface area contributed by atoms with Crippen molar-refractivity contribution in [2.24, 2.45) is 23.2 Å². The second kappa shape index (κ2) is 9.64. The van der Waals surface area contributed by atoms with Gasteiger partial charge in [-0.25, -0.2) is 4.79 Å². The SMILES string of the molecule is C[C@@H](NC(=O)COC(=O)c1cc([N+](=O)[O-])ccc1Sc1ccccc1)C12CC3CC(CC(C3)C1)C2. The van der Waals surface area contributed by atoms with Gasteiger partial charge >= 0.3 is 5.97 Å². The normalized spacial score (nSPS) is 27.3. The first-order chi connectivity index (χ1) is 16.8. The van der Waals surface area contributed by atoms with E-state index in [4.69, 9.17) is 4.74 Å². The Morgan fingerprint density at radius 3 is 2.31 bits per heavy atom. The summed E-state index contributed by atoms with van der Waals surface area (Å²) in [5.41, 5.74) is 0.0396. The quantitative estimate of drug-likeness (QED) is 0.290. The smallest absolute Gasteiger partial charge is 0.340 e. The van der Waals surface area contributed by atoms with Gasteiger partial charge in [0.1, 0.15) is 0 Å². The molecule has 4 aliphatic carbocycles. The van der Waals surface area contributed by atoms with Gasteiger partial charge in [0.05, 0.1) is 10.5 Å². The van der Waals surface area contributed by atoms with Gasteiger partial charge in [0, 0.05) is 28.0 Å². The Labute approximate surface area is 209 Å². The first-order valence-electron chi connectivity index (χ1n) is 12.3. The molecule has 0 heterocycles. The lowest BCUT2D eigenvalue weighted by atomic mass is 9.48. The lowest BCUT2D eigenvalue weighted by molar-refractivity contribution is -0.384. The number of nitro benzene ring substituents is 1. The van der Waals surface area contributed by atoms with Gasteiger partial charge in [-0.05, 0) is 86.8 Å². The van der Waals surface area contributed by atoms with E-state index in [0.717, 1.165) is 22.6 Å². The Kier molecular flexibility index (Phi) is 6.57. The molecule has 4 aliphatic rings. The minimum absolute atomic E-state index is 0.0316. The number of nitrogens with one attached hydrogen (secondary N) is 1. The molecular formula is C27H30N2O5S. The van der Waals surface area contributed by atoms with Crippen molar-refractivity contribution >= 4 is 29.3 Å². The van der Waals surface area contributed by atoms with Crippen LogP contribution in [0.5, 0.6) is 0 Å². The van der Waals surface area contributed by atoms with Crippen LogP contribution >= 0.6 is 11.8 Å². The predicted molar refractivity (Wildman–Crippen MR) is 132 cm³/mol. The molecule has 6 rings (SSSR count). The molecule has 2 aromatic rings. The number of nitrogens with zero attached hydrogens (tertiary/aromatic N) is 1. The van der Waals surface area contributed by atoms with Gasteiger partial charge in [-0.2, -0.15) is 0 Å². The zero-order chi connectivity index (χ0) is 24.6. The summed E-state index contributed by atoms with van der Waals surface area (Å²) in [6.45, 7) is 1.68. The number of amides is 1. The zero-order valence-electron chi connectivity index (χ0n) is 19.8. The summed E-state index contributed by atoms with van der Waals surface area (Å²) in [7, 11) is 0. The number of hydrogen-bond donors (Lipinski definition) is 1. The van der Waals surface area contributed by atoms with Gasteiger partial charge in [-0.1, -0.05) is 30.0 Å². The maximum atomic E-state index is 12.9. The van der Waals surface area contributed by atoms with E-state index in [1.54, 1.807) is 6.07 Å². The van der Waals surface area contributed by atoms with Crippen molar-refractivity contribution in [3.05, 3.63) is 64.2 Å². The third-order valence-corrected chi connectivity index (χ3v) is 9.16. The van der Waals surface area contributed by atoms with Crippen molar-refractivity contribution < 1.29 is 19.2 Å². The highest BCUT2D eigenvalue weighted by Gasteiger charge is 2.53. The lowest BCUT2D eigenvalue weighted by Crippen LogP contribution is -2.56. The molecule has 1 atom stereocenters. The van der Waals surface area contributed by atoms with Crippen LogP contribution in [0.25, 0.3) is 0 Å². The molecule has 0 radical (unpaired) electrons. The number of esters is 1. The fraction of sp³-hybridized carbons (Fsp3) is 0.481. The van der Waals surface area contributed by atoms with Crippen molar-refractivity contribution in [1.82, 2.24) is 5.32 Å². The Hall–Kier alpha value is -2.87. The Morgan fingerprint density at radius 1 is 1.09 bits per heavy atom. The van der Waals surface area contributed by atoms with Crippen LogP contribution < -0.4 is 5.32 Å². The second-order valence-electron chi connectivity index (χ2n) is 10.5. The summed E-state index contributed by atoms with van der Waals surface area (Å²) in [6, 6.07) is 13.6. The van der Waals surface area contributed by atoms with Crippen molar-refractivity contribution in [2.45, 2.75) is 61.3 Å². The highest BCUT2D eigenvalue weighted by molar-refractivity contribution is 7.99. The molecule has 184 valence electrons. The van der Waals surface area contributed by atoms with E-state index in [0.29, 0.717) is 4.90 Å². The lowest BCUT2D eigenvalue weighted by Gasteiger charge is -2.59. The zero-order valence-corrected chi connectivity index (χ0v) is 20.6. The number of ether oxygens (including phenoxy) is 1. The summed E-state index contributed by atoms with van der Waals surface area (Å²) < 4.78 is 5.34.